The van der Waals surface area contributed by atoms with E-state index < -0.39 is 0 Å². The largest absolute Gasteiger partial charge is 0.501 e. The molecule has 0 radical (unpaired) electrons. The Morgan fingerprint density at radius 2 is 2.47 bits per heavy atom. The average Bonchev–Trinajstić information content (AvgIpc) is 2.30. The molecule has 5 nitrogen and oxygen atoms in total. The van der Waals surface area contributed by atoms with Gasteiger partial charge in [0.2, 0.25) is 0 Å². The molecule has 0 amide bonds. The van der Waals surface area contributed by atoms with E-state index in [1.807, 2.05) is 0 Å². The molecule has 0 bridgehead atoms. The van der Waals surface area contributed by atoms with Crippen molar-refractivity contribution in [2.45, 2.75) is 18.9 Å². The molecule has 0 aromatic heterocycles. The van der Waals surface area contributed by atoms with E-state index in [1.165, 1.54) is 5.57 Å². The quantitative estimate of drug-likeness (QED) is 0.361. The first-order valence-corrected chi connectivity index (χ1v) is 5.22. The molecular weight excluding hydrogens is 196 g/mol. The van der Waals surface area contributed by atoms with Gasteiger partial charge in [-0.15, -0.1) is 0 Å². The first-order chi connectivity index (χ1) is 7.38. The number of hydrazine groups is 1. The van der Waals surface area contributed by atoms with Gasteiger partial charge in [0.05, 0.1) is 38.7 Å². The molecule has 0 spiro atoms. The van der Waals surface area contributed by atoms with Gasteiger partial charge in [-0.1, -0.05) is 0 Å². The van der Waals surface area contributed by atoms with Crippen LogP contribution in [0.2, 0.25) is 0 Å². The van der Waals surface area contributed by atoms with Crippen molar-refractivity contribution in [2.24, 2.45) is 5.84 Å². The number of nitrogens with two attached hydrogens (primary N) is 1. The van der Waals surface area contributed by atoms with Crippen molar-refractivity contribution in [3.63, 3.8) is 0 Å². The van der Waals surface area contributed by atoms with Gasteiger partial charge in [-0.25, -0.2) is 0 Å². The van der Waals surface area contributed by atoms with Gasteiger partial charge in [0.15, 0.2) is 0 Å². The highest BCUT2D eigenvalue weighted by molar-refractivity contribution is 5.09. The Morgan fingerprint density at radius 1 is 1.60 bits per heavy atom. The number of nitrogens with one attached hydrogen (secondary N) is 1. The second-order valence-corrected chi connectivity index (χ2v) is 3.45. The molecule has 0 aromatic carbocycles. The molecule has 5 heteroatoms. The molecule has 1 heterocycles. The lowest BCUT2D eigenvalue weighted by atomic mass is 10.0. The maximum atomic E-state index is 5.46. The van der Waals surface area contributed by atoms with Crippen LogP contribution in [0.5, 0.6) is 0 Å². The summed E-state index contributed by atoms with van der Waals surface area (Å²) in [7, 11) is 1.65. The minimum atomic E-state index is 0.0437. The average molecular weight is 216 g/mol. The van der Waals surface area contributed by atoms with E-state index in [-0.39, 0.29) is 6.04 Å². The first-order valence-electron chi connectivity index (χ1n) is 5.22. The van der Waals surface area contributed by atoms with E-state index >= 15 is 0 Å². The van der Waals surface area contributed by atoms with E-state index in [2.05, 4.69) is 5.43 Å². The van der Waals surface area contributed by atoms with E-state index in [0.29, 0.717) is 19.8 Å². The van der Waals surface area contributed by atoms with Crippen LogP contribution in [0.1, 0.15) is 12.8 Å². The normalized spacial score (nSPS) is 18.1. The minimum Gasteiger partial charge on any atom is -0.501 e. The fraction of sp³-hybridized carbons (Fsp3) is 0.800. The van der Waals surface area contributed by atoms with Crippen LogP contribution in [0.25, 0.3) is 0 Å². The third-order valence-electron chi connectivity index (χ3n) is 2.33. The van der Waals surface area contributed by atoms with Crippen LogP contribution in [0, 0.1) is 0 Å². The molecule has 3 N–H and O–H groups in total. The number of methoxy groups -OCH3 is 1. The SMILES string of the molecule is COCCOCC(NN)C1=COCCC1. The summed E-state index contributed by atoms with van der Waals surface area (Å²) in [6.45, 7) is 2.54. The molecule has 1 rings (SSSR count). The van der Waals surface area contributed by atoms with E-state index in [0.717, 1.165) is 19.4 Å². The Labute approximate surface area is 90.5 Å². The molecule has 0 saturated carbocycles. The molecule has 1 aliphatic rings. The zero-order chi connectivity index (χ0) is 10.9. The summed E-state index contributed by atoms with van der Waals surface area (Å²) in [4.78, 5) is 0. The van der Waals surface area contributed by atoms with Gasteiger partial charge in [-0.05, 0) is 18.4 Å². The summed E-state index contributed by atoms with van der Waals surface area (Å²) in [6, 6.07) is 0.0437. The number of rotatable bonds is 7. The van der Waals surface area contributed by atoms with Gasteiger partial charge >= 0.3 is 0 Å². The van der Waals surface area contributed by atoms with Gasteiger partial charge in [0.25, 0.3) is 0 Å². The predicted octanol–water partition coefficient (Wildman–Crippen LogP) is 0.176. The summed E-state index contributed by atoms with van der Waals surface area (Å²) < 4.78 is 15.6. The molecule has 1 aliphatic heterocycles. The molecule has 0 fully saturated rings. The monoisotopic (exact) mass is 216 g/mol. The Balaban J connectivity index is 2.25. The summed E-state index contributed by atoms with van der Waals surface area (Å²) in [6.07, 6.45) is 3.85. The van der Waals surface area contributed by atoms with Crippen LogP contribution < -0.4 is 11.3 Å². The fourth-order valence-corrected chi connectivity index (χ4v) is 1.45. The van der Waals surface area contributed by atoms with E-state index in [4.69, 9.17) is 20.1 Å². The van der Waals surface area contributed by atoms with Gasteiger partial charge in [0, 0.05) is 7.11 Å². The van der Waals surface area contributed by atoms with Crippen LogP contribution in [0.3, 0.4) is 0 Å². The second kappa shape index (κ2) is 7.64. The number of hydrogen-bond donors (Lipinski definition) is 2. The molecule has 0 aromatic rings. The molecule has 88 valence electrons. The van der Waals surface area contributed by atoms with E-state index in [9.17, 15) is 0 Å². The lowest BCUT2D eigenvalue weighted by Crippen LogP contribution is -2.41. The zero-order valence-corrected chi connectivity index (χ0v) is 9.20. The Bertz CT molecular complexity index is 197. The maximum absolute atomic E-state index is 5.46. The molecule has 0 saturated heterocycles. The third kappa shape index (κ3) is 4.61. The predicted molar refractivity (Wildman–Crippen MR) is 57.1 cm³/mol. The van der Waals surface area contributed by atoms with Crippen molar-refractivity contribution < 1.29 is 14.2 Å². The molecule has 15 heavy (non-hydrogen) atoms. The summed E-state index contributed by atoms with van der Waals surface area (Å²) in [5.74, 6) is 5.46. The number of ether oxygens (including phenoxy) is 3. The Hall–Kier alpha value is -0.620. The highest BCUT2D eigenvalue weighted by Crippen LogP contribution is 2.15. The lowest BCUT2D eigenvalue weighted by molar-refractivity contribution is 0.0613. The van der Waals surface area contributed by atoms with Crippen molar-refractivity contribution in [3.8, 4) is 0 Å². The van der Waals surface area contributed by atoms with Crippen molar-refractivity contribution in [1.82, 2.24) is 5.43 Å². The van der Waals surface area contributed by atoms with Crippen LogP contribution >= 0.6 is 0 Å². The number of hydrogen-bond acceptors (Lipinski definition) is 5. The van der Waals surface area contributed by atoms with Gasteiger partial charge < -0.3 is 14.2 Å². The zero-order valence-electron chi connectivity index (χ0n) is 9.20. The summed E-state index contributed by atoms with van der Waals surface area (Å²) in [5.41, 5.74) is 3.90. The molecule has 1 atom stereocenters. The first kappa shape index (κ1) is 12.4. The minimum absolute atomic E-state index is 0.0437. The Morgan fingerprint density at radius 3 is 3.07 bits per heavy atom. The van der Waals surface area contributed by atoms with Crippen LogP contribution in [-0.4, -0.2) is 39.6 Å². The maximum Gasteiger partial charge on any atom is 0.0876 e. The van der Waals surface area contributed by atoms with Gasteiger partial charge in [0.1, 0.15) is 0 Å². The van der Waals surface area contributed by atoms with Crippen molar-refractivity contribution in [3.05, 3.63) is 11.8 Å². The van der Waals surface area contributed by atoms with Gasteiger partial charge in [-0.3, -0.25) is 11.3 Å². The highest BCUT2D eigenvalue weighted by atomic mass is 16.5. The van der Waals surface area contributed by atoms with Crippen LogP contribution in [0.4, 0.5) is 0 Å². The van der Waals surface area contributed by atoms with E-state index in [1.54, 1.807) is 13.4 Å². The molecular formula is C10H20N2O3. The van der Waals surface area contributed by atoms with Crippen molar-refractivity contribution >= 4 is 0 Å². The topological polar surface area (TPSA) is 65.7 Å². The summed E-state index contributed by atoms with van der Waals surface area (Å²) in [5, 5.41) is 0. The fourth-order valence-electron chi connectivity index (χ4n) is 1.45. The Kier molecular flexibility index (Phi) is 6.34. The van der Waals surface area contributed by atoms with Crippen molar-refractivity contribution in [1.29, 1.82) is 0 Å². The second-order valence-electron chi connectivity index (χ2n) is 3.45. The van der Waals surface area contributed by atoms with Crippen molar-refractivity contribution in [2.75, 3.05) is 33.5 Å². The standard InChI is InChI=1S/C10H20N2O3/c1-13-5-6-15-8-10(12-11)9-3-2-4-14-7-9/h7,10,12H,2-6,8,11H2,1H3. The lowest BCUT2D eigenvalue weighted by Gasteiger charge is -2.22. The molecule has 1 unspecified atom stereocenters. The highest BCUT2D eigenvalue weighted by Gasteiger charge is 2.15. The third-order valence-corrected chi connectivity index (χ3v) is 2.33. The van der Waals surface area contributed by atoms with Gasteiger partial charge in [-0.2, -0.15) is 0 Å². The molecule has 0 aliphatic carbocycles. The smallest absolute Gasteiger partial charge is 0.0876 e. The van der Waals surface area contributed by atoms with Crippen LogP contribution in [0.15, 0.2) is 11.8 Å². The van der Waals surface area contributed by atoms with Crippen LogP contribution in [-0.2, 0) is 14.2 Å². The summed E-state index contributed by atoms with van der Waals surface area (Å²) >= 11 is 0.